The van der Waals surface area contributed by atoms with Gasteiger partial charge in [0, 0.05) is 12.0 Å². The van der Waals surface area contributed by atoms with E-state index in [-0.39, 0.29) is 24.5 Å². The first-order chi connectivity index (χ1) is 11.3. The fourth-order valence-electron chi connectivity index (χ4n) is 2.98. The summed E-state index contributed by atoms with van der Waals surface area (Å²) in [7, 11) is 1.68. The number of hydrogen-bond acceptors (Lipinski definition) is 6. The van der Waals surface area contributed by atoms with Gasteiger partial charge >= 0.3 is 12.1 Å². The van der Waals surface area contributed by atoms with Gasteiger partial charge in [-0.15, -0.1) is 0 Å². The molecule has 25 heavy (non-hydrogen) atoms. The fraction of sp³-hybridized carbons (Fsp3) is 0.889. The van der Waals surface area contributed by atoms with Crippen LogP contribution in [0.3, 0.4) is 0 Å². The average Bonchev–Trinajstić information content (AvgIpc) is 2.80. The number of hydrogen-bond donors (Lipinski definition) is 2. The number of aliphatic hydroxyl groups excluding tert-OH is 1. The summed E-state index contributed by atoms with van der Waals surface area (Å²) in [4.78, 5) is 25.5. The third-order valence-electron chi connectivity index (χ3n) is 3.90. The van der Waals surface area contributed by atoms with Crippen LogP contribution in [0, 0.1) is 5.92 Å². The lowest BCUT2D eigenvalue weighted by molar-refractivity contribution is -0.159. The van der Waals surface area contributed by atoms with Crippen LogP contribution in [-0.4, -0.2) is 59.1 Å². The van der Waals surface area contributed by atoms with Crippen molar-refractivity contribution in [3.8, 4) is 0 Å². The molecule has 0 aromatic carbocycles. The molecule has 0 heterocycles. The Balaban J connectivity index is 2.59. The van der Waals surface area contributed by atoms with E-state index in [0.29, 0.717) is 0 Å². The van der Waals surface area contributed by atoms with Crippen molar-refractivity contribution in [2.24, 2.45) is 5.92 Å². The number of likely N-dealkylation sites (N-methyl/N-ethyl adjacent to an activating group) is 1. The number of amides is 1. The first-order valence-corrected chi connectivity index (χ1v) is 8.88. The molecular formula is C18H34N2O5. The fourth-order valence-corrected chi connectivity index (χ4v) is 2.98. The summed E-state index contributed by atoms with van der Waals surface area (Å²) in [5.74, 6) is -0.538. The van der Waals surface area contributed by atoms with E-state index in [1.165, 1.54) is 0 Å². The van der Waals surface area contributed by atoms with Crippen LogP contribution in [0.25, 0.3) is 0 Å². The molecule has 1 rings (SSSR count). The zero-order valence-electron chi connectivity index (χ0n) is 16.6. The standard InChI is InChI=1S/C18H34N2O5/c1-17(2,3)24-14(21)11-20(7)15(22)12-9-8-10-13(12)19-16(23)25-18(4,5)6/h12-13,15,22H,8-11H2,1-7H3,(H,19,23)/t12-,13-,15?/m1/s1. The summed E-state index contributed by atoms with van der Waals surface area (Å²) < 4.78 is 10.6. The molecular weight excluding hydrogens is 324 g/mol. The van der Waals surface area contributed by atoms with Gasteiger partial charge in [-0.1, -0.05) is 6.42 Å². The van der Waals surface area contributed by atoms with Crippen molar-refractivity contribution in [1.29, 1.82) is 0 Å². The van der Waals surface area contributed by atoms with Crippen LogP contribution in [-0.2, 0) is 14.3 Å². The molecule has 1 saturated carbocycles. The lowest BCUT2D eigenvalue weighted by Crippen LogP contribution is -2.49. The van der Waals surface area contributed by atoms with Crippen molar-refractivity contribution < 1.29 is 24.2 Å². The minimum Gasteiger partial charge on any atom is -0.459 e. The molecule has 1 unspecified atom stereocenters. The molecule has 1 aliphatic rings. The Hall–Kier alpha value is -1.34. The van der Waals surface area contributed by atoms with Gasteiger partial charge in [-0.3, -0.25) is 9.69 Å². The molecule has 3 atom stereocenters. The monoisotopic (exact) mass is 358 g/mol. The molecule has 1 fully saturated rings. The maximum absolute atomic E-state index is 12.0. The van der Waals surface area contributed by atoms with Gasteiger partial charge < -0.3 is 19.9 Å². The zero-order chi connectivity index (χ0) is 19.4. The van der Waals surface area contributed by atoms with E-state index in [1.807, 2.05) is 20.8 Å². The van der Waals surface area contributed by atoms with Gasteiger partial charge in [0.1, 0.15) is 17.4 Å². The van der Waals surface area contributed by atoms with E-state index in [2.05, 4.69) is 5.32 Å². The zero-order valence-corrected chi connectivity index (χ0v) is 16.6. The maximum Gasteiger partial charge on any atom is 0.407 e. The second-order valence-corrected chi connectivity index (χ2v) is 8.76. The number of alkyl carbamates (subject to hydrolysis) is 1. The molecule has 0 radical (unpaired) electrons. The topological polar surface area (TPSA) is 88.1 Å². The molecule has 0 spiro atoms. The van der Waals surface area contributed by atoms with Gasteiger partial charge in [0.2, 0.25) is 0 Å². The van der Waals surface area contributed by atoms with Crippen molar-refractivity contribution in [2.45, 2.75) is 84.3 Å². The first kappa shape index (κ1) is 21.7. The van der Waals surface area contributed by atoms with Crippen LogP contribution in [0.2, 0.25) is 0 Å². The largest absolute Gasteiger partial charge is 0.459 e. The van der Waals surface area contributed by atoms with Crippen molar-refractivity contribution in [1.82, 2.24) is 10.2 Å². The number of esters is 1. The Kier molecular flexibility index (Phi) is 7.26. The number of nitrogens with zero attached hydrogens (tertiary/aromatic N) is 1. The number of aliphatic hydroxyl groups is 1. The summed E-state index contributed by atoms with van der Waals surface area (Å²) in [5, 5.41) is 13.5. The predicted molar refractivity (Wildman–Crippen MR) is 95.0 cm³/mol. The minimum absolute atomic E-state index is 0.00586. The van der Waals surface area contributed by atoms with Gasteiger partial charge in [0.15, 0.2) is 0 Å². The number of carbonyl (C=O) groups is 2. The van der Waals surface area contributed by atoms with Crippen LogP contribution in [0.1, 0.15) is 60.8 Å². The lowest BCUT2D eigenvalue weighted by Gasteiger charge is -2.32. The highest BCUT2D eigenvalue weighted by Gasteiger charge is 2.37. The van der Waals surface area contributed by atoms with E-state index in [1.54, 1.807) is 32.7 Å². The molecule has 2 N–H and O–H groups in total. The highest BCUT2D eigenvalue weighted by atomic mass is 16.6. The van der Waals surface area contributed by atoms with Gasteiger partial charge in [-0.25, -0.2) is 4.79 Å². The first-order valence-electron chi connectivity index (χ1n) is 8.88. The molecule has 146 valence electrons. The van der Waals surface area contributed by atoms with Crippen molar-refractivity contribution in [3.05, 3.63) is 0 Å². The molecule has 0 bridgehead atoms. The number of rotatable bonds is 5. The third kappa shape index (κ3) is 8.05. The molecule has 7 heteroatoms. The van der Waals surface area contributed by atoms with Crippen LogP contribution >= 0.6 is 0 Å². The van der Waals surface area contributed by atoms with Crippen LogP contribution in [0.5, 0.6) is 0 Å². The van der Waals surface area contributed by atoms with Gasteiger partial charge in [-0.2, -0.15) is 0 Å². The summed E-state index contributed by atoms with van der Waals surface area (Å²) in [6, 6.07) is -0.175. The van der Waals surface area contributed by atoms with E-state index in [4.69, 9.17) is 9.47 Å². The Morgan fingerprint density at radius 2 is 1.68 bits per heavy atom. The van der Waals surface area contributed by atoms with Crippen molar-refractivity contribution in [2.75, 3.05) is 13.6 Å². The molecule has 0 aromatic rings. The third-order valence-corrected chi connectivity index (χ3v) is 3.90. The number of ether oxygens (including phenoxy) is 2. The Morgan fingerprint density at radius 3 is 2.20 bits per heavy atom. The van der Waals surface area contributed by atoms with Crippen LogP contribution < -0.4 is 5.32 Å². The number of nitrogens with one attached hydrogen (secondary N) is 1. The Labute approximate surface area is 151 Å². The molecule has 0 aromatic heterocycles. The highest BCUT2D eigenvalue weighted by Crippen LogP contribution is 2.30. The number of carbonyl (C=O) groups excluding carboxylic acids is 2. The predicted octanol–water partition coefficient (Wildman–Crippen LogP) is 2.27. The van der Waals surface area contributed by atoms with Crippen LogP contribution in [0.4, 0.5) is 4.79 Å². The molecule has 0 saturated heterocycles. The minimum atomic E-state index is -0.838. The Bertz CT molecular complexity index is 467. The summed E-state index contributed by atoms with van der Waals surface area (Å²) in [6.07, 6.45) is 1.14. The second-order valence-electron chi connectivity index (χ2n) is 8.76. The highest BCUT2D eigenvalue weighted by molar-refractivity contribution is 5.72. The van der Waals surface area contributed by atoms with Gasteiger partial charge in [-0.05, 0) is 61.4 Å². The molecule has 7 nitrogen and oxygen atoms in total. The van der Waals surface area contributed by atoms with Crippen LogP contribution in [0.15, 0.2) is 0 Å². The Morgan fingerprint density at radius 1 is 1.12 bits per heavy atom. The summed E-state index contributed by atoms with van der Waals surface area (Å²) >= 11 is 0. The smallest absolute Gasteiger partial charge is 0.407 e. The SMILES string of the molecule is CN(CC(=O)OC(C)(C)C)C(O)[C@@H]1CCC[C@H]1NC(=O)OC(C)(C)C. The van der Waals surface area contributed by atoms with Crippen molar-refractivity contribution in [3.63, 3.8) is 0 Å². The van der Waals surface area contributed by atoms with Gasteiger partial charge in [0.05, 0.1) is 6.54 Å². The summed E-state index contributed by atoms with van der Waals surface area (Å²) in [6.45, 7) is 10.8. The van der Waals surface area contributed by atoms with E-state index in [0.717, 1.165) is 19.3 Å². The van der Waals surface area contributed by atoms with Gasteiger partial charge in [0.25, 0.3) is 0 Å². The van der Waals surface area contributed by atoms with E-state index >= 15 is 0 Å². The van der Waals surface area contributed by atoms with E-state index in [9.17, 15) is 14.7 Å². The van der Waals surface area contributed by atoms with E-state index < -0.39 is 23.5 Å². The molecule has 0 aliphatic heterocycles. The second kappa shape index (κ2) is 8.36. The average molecular weight is 358 g/mol. The van der Waals surface area contributed by atoms with Crippen molar-refractivity contribution >= 4 is 12.1 Å². The molecule has 1 aliphatic carbocycles. The summed E-state index contributed by atoms with van der Waals surface area (Å²) in [5.41, 5.74) is -1.12. The quantitative estimate of drug-likeness (QED) is 0.579. The normalized spacial score (nSPS) is 22.6. The maximum atomic E-state index is 12.0. The molecule has 1 amide bonds. The lowest BCUT2D eigenvalue weighted by atomic mass is 10.0.